The van der Waals surface area contributed by atoms with Crippen LogP contribution >= 0.6 is 15.9 Å². The van der Waals surface area contributed by atoms with Crippen LogP contribution in [0.15, 0.2) is 22.7 Å². The van der Waals surface area contributed by atoms with Crippen LogP contribution in [0.5, 0.6) is 0 Å². The van der Waals surface area contributed by atoms with Crippen molar-refractivity contribution in [2.24, 2.45) is 0 Å². The van der Waals surface area contributed by atoms with Gasteiger partial charge in [0.1, 0.15) is 0 Å². The lowest BCUT2D eigenvalue weighted by Crippen LogP contribution is -2.36. The smallest absolute Gasteiger partial charge is 0.313 e. The fraction of sp³-hybridized carbons (Fsp3) is 0.429. The molecule has 5 nitrogen and oxygen atoms in total. The summed E-state index contributed by atoms with van der Waals surface area (Å²) in [5.41, 5.74) is 1.66. The van der Waals surface area contributed by atoms with Crippen LogP contribution in [0.4, 0.5) is 5.69 Å². The Morgan fingerprint density at radius 3 is 2.55 bits per heavy atom. The van der Waals surface area contributed by atoms with Gasteiger partial charge in [0.15, 0.2) is 0 Å². The molecule has 0 heterocycles. The molecule has 6 heteroatoms. The van der Waals surface area contributed by atoms with Crippen LogP contribution in [0, 0.1) is 6.92 Å². The minimum Gasteiger partial charge on any atom is -0.348 e. The first-order chi connectivity index (χ1) is 9.40. The van der Waals surface area contributed by atoms with Crippen LogP contribution < -0.4 is 10.6 Å². The van der Waals surface area contributed by atoms with Crippen LogP contribution in [0.25, 0.3) is 0 Å². The maximum atomic E-state index is 11.7. The third kappa shape index (κ3) is 5.71. The highest BCUT2D eigenvalue weighted by Gasteiger charge is 2.13. The number of carbonyl (C=O) groups is 2. The molecule has 1 aromatic carbocycles. The van der Waals surface area contributed by atoms with Gasteiger partial charge in [0.05, 0.1) is 0 Å². The van der Waals surface area contributed by atoms with Crippen molar-refractivity contribution < 1.29 is 9.59 Å². The van der Waals surface area contributed by atoms with E-state index >= 15 is 0 Å². The zero-order valence-corrected chi connectivity index (χ0v) is 13.6. The highest BCUT2D eigenvalue weighted by molar-refractivity contribution is 9.10. The predicted octanol–water partition coefficient (Wildman–Crippen LogP) is 1.76. The molecule has 0 aliphatic carbocycles. The summed E-state index contributed by atoms with van der Waals surface area (Å²) in [7, 11) is 3.92. The molecular weight excluding hydrogens is 322 g/mol. The molecule has 0 radical (unpaired) electrons. The van der Waals surface area contributed by atoms with Crippen LogP contribution in [0.2, 0.25) is 0 Å². The second kappa shape index (κ2) is 8.01. The quantitative estimate of drug-likeness (QED) is 0.633. The average molecular weight is 342 g/mol. The van der Waals surface area contributed by atoms with Crippen molar-refractivity contribution in [3.05, 3.63) is 28.2 Å². The third-order valence-electron chi connectivity index (χ3n) is 2.70. The van der Waals surface area contributed by atoms with E-state index < -0.39 is 11.8 Å². The van der Waals surface area contributed by atoms with Crippen molar-refractivity contribution in [2.45, 2.75) is 13.3 Å². The number of aryl methyl sites for hydroxylation is 1. The fourth-order valence-electron chi connectivity index (χ4n) is 1.54. The molecule has 2 amide bonds. The van der Waals surface area contributed by atoms with Gasteiger partial charge in [-0.15, -0.1) is 0 Å². The second-order valence-electron chi connectivity index (χ2n) is 4.83. The SMILES string of the molecule is Cc1ccc(NC(=O)C(=O)NCCCN(C)C)cc1Br. The molecular formula is C14H20BrN3O2. The van der Waals surface area contributed by atoms with Gasteiger partial charge >= 0.3 is 11.8 Å². The van der Waals surface area contributed by atoms with E-state index in [1.807, 2.05) is 32.0 Å². The molecule has 0 aliphatic heterocycles. The minimum absolute atomic E-state index is 0.488. The van der Waals surface area contributed by atoms with E-state index in [1.165, 1.54) is 0 Å². The third-order valence-corrected chi connectivity index (χ3v) is 3.56. The molecule has 0 saturated heterocycles. The van der Waals surface area contributed by atoms with Crippen molar-refractivity contribution in [2.75, 3.05) is 32.5 Å². The standard InChI is InChI=1S/C14H20BrN3O2/c1-10-5-6-11(9-12(10)15)17-14(20)13(19)16-7-4-8-18(2)3/h5-6,9H,4,7-8H2,1-3H3,(H,16,19)(H,17,20). The summed E-state index contributed by atoms with van der Waals surface area (Å²) in [5.74, 6) is -1.26. The Kier molecular flexibility index (Phi) is 6.67. The number of carbonyl (C=O) groups excluding carboxylic acids is 2. The summed E-state index contributed by atoms with van der Waals surface area (Å²) in [6.07, 6.45) is 0.808. The molecule has 0 aromatic heterocycles. The average Bonchev–Trinajstić information content (AvgIpc) is 2.38. The monoisotopic (exact) mass is 341 g/mol. The number of benzene rings is 1. The Labute approximate surface area is 127 Å². The summed E-state index contributed by atoms with van der Waals surface area (Å²) >= 11 is 3.38. The first kappa shape index (κ1) is 16.7. The lowest BCUT2D eigenvalue weighted by molar-refractivity contribution is -0.136. The zero-order chi connectivity index (χ0) is 15.1. The van der Waals surface area contributed by atoms with Crippen molar-refractivity contribution in [1.29, 1.82) is 0 Å². The van der Waals surface area contributed by atoms with E-state index in [0.29, 0.717) is 12.2 Å². The first-order valence-corrected chi connectivity index (χ1v) is 7.19. The van der Waals surface area contributed by atoms with E-state index in [4.69, 9.17) is 0 Å². The van der Waals surface area contributed by atoms with Crippen LogP contribution in [-0.4, -0.2) is 43.9 Å². The molecule has 0 bridgehead atoms. The topological polar surface area (TPSA) is 61.4 Å². The fourth-order valence-corrected chi connectivity index (χ4v) is 1.91. The molecule has 0 saturated carbocycles. The van der Waals surface area contributed by atoms with Gasteiger partial charge in [0.2, 0.25) is 0 Å². The summed E-state index contributed by atoms with van der Waals surface area (Å²) in [5, 5.41) is 5.16. The maximum absolute atomic E-state index is 11.7. The van der Waals surface area contributed by atoms with Crippen molar-refractivity contribution >= 4 is 33.4 Å². The number of nitrogens with zero attached hydrogens (tertiary/aromatic N) is 1. The summed E-state index contributed by atoms with van der Waals surface area (Å²) in [6.45, 7) is 3.31. The van der Waals surface area contributed by atoms with E-state index in [-0.39, 0.29) is 0 Å². The predicted molar refractivity (Wildman–Crippen MR) is 83.7 cm³/mol. The first-order valence-electron chi connectivity index (χ1n) is 6.40. The molecule has 2 N–H and O–H groups in total. The van der Waals surface area contributed by atoms with Crippen LogP contribution in [0.3, 0.4) is 0 Å². The minimum atomic E-state index is -0.648. The number of nitrogens with one attached hydrogen (secondary N) is 2. The number of hydrogen-bond acceptors (Lipinski definition) is 3. The molecule has 0 spiro atoms. The van der Waals surface area contributed by atoms with Crippen molar-refractivity contribution in [3.8, 4) is 0 Å². The van der Waals surface area contributed by atoms with Gasteiger partial charge in [0, 0.05) is 16.7 Å². The normalized spacial score (nSPS) is 10.4. The van der Waals surface area contributed by atoms with Gasteiger partial charge in [0.25, 0.3) is 0 Å². The van der Waals surface area contributed by atoms with E-state index in [2.05, 4.69) is 26.6 Å². The highest BCUT2D eigenvalue weighted by Crippen LogP contribution is 2.20. The number of anilines is 1. The Hall–Kier alpha value is -1.40. The van der Waals surface area contributed by atoms with Gasteiger partial charge < -0.3 is 15.5 Å². The summed E-state index contributed by atoms with van der Waals surface area (Å²) < 4.78 is 0.890. The Morgan fingerprint density at radius 1 is 1.25 bits per heavy atom. The van der Waals surface area contributed by atoms with Crippen LogP contribution in [-0.2, 0) is 9.59 Å². The Morgan fingerprint density at radius 2 is 1.95 bits per heavy atom. The maximum Gasteiger partial charge on any atom is 0.313 e. The molecule has 0 atom stereocenters. The largest absolute Gasteiger partial charge is 0.348 e. The summed E-state index contributed by atoms with van der Waals surface area (Å²) in [6, 6.07) is 5.40. The van der Waals surface area contributed by atoms with E-state index in [1.54, 1.807) is 12.1 Å². The van der Waals surface area contributed by atoms with Gasteiger partial charge in [-0.05, 0) is 51.7 Å². The van der Waals surface area contributed by atoms with E-state index in [0.717, 1.165) is 23.0 Å². The summed E-state index contributed by atoms with van der Waals surface area (Å²) in [4.78, 5) is 25.3. The number of rotatable bonds is 5. The zero-order valence-electron chi connectivity index (χ0n) is 12.0. The van der Waals surface area contributed by atoms with Crippen LogP contribution in [0.1, 0.15) is 12.0 Å². The molecule has 0 fully saturated rings. The molecule has 20 heavy (non-hydrogen) atoms. The molecule has 1 aromatic rings. The molecule has 110 valence electrons. The van der Waals surface area contributed by atoms with Gasteiger partial charge in [-0.1, -0.05) is 22.0 Å². The van der Waals surface area contributed by atoms with Gasteiger partial charge in [-0.3, -0.25) is 9.59 Å². The lowest BCUT2D eigenvalue weighted by Gasteiger charge is -2.10. The number of hydrogen-bond donors (Lipinski definition) is 2. The lowest BCUT2D eigenvalue weighted by atomic mass is 10.2. The Balaban J connectivity index is 2.41. The molecule has 0 unspecified atom stereocenters. The molecule has 1 rings (SSSR count). The highest BCUT2D eigenvalue weighted by atomic mass is 79.9. The number of amides is 2. The van der Waals surface area contributed by atoms with Crippen molar-refractivity contribution in [3.63, 3.8) is 0 Å². The van der Waals surface area contributed by atoms with Crippen molar-refractivity contribution in [1.82, 2.24) is 10.2 Å². The second-order valence-corrected chi connectivity index (χ2v) is 5.69. The van der Waals surface area contributed by atoms with Gasteiger partial charge in [-0.25, -0.2) is 0 Å². The van der Waals surface area contributed by atoms with Gasteiger partial charge in [-0.2, -0.15) is 0 Å². The van der Waals surface area contributed by atoms with E-state index in [9.17, 15) is 9.59 Å². The molecule has 0 aliphatic rings. The number of halogens is 1. The Bertz CT molecular complexity index is 489.